The van der Waals surface area contributed by atoms with Gasteiger partial charge in [0.25, 0.3) is 5.91 Å². The zero-order valence-corrected chi connectivity index (χ0v) is 14.5. The van der Waals surface area contributed by atoms with E-state index in [9.17, 15) is 9.00 Å². The van der Waals surface area contributed by atoms with Crippen LogP contribution in [0, 0.1) is 5.41 Å². The minimum atomic E-state index is -2.64. The molecule has 0 aliphatic rings. The summed E-state index contributed by atoms with van der Waals surface area (Å²) in [6.45, 7) is 7.29. The molecule has 0 aromatic heterocycles. The zero-order chi connectivity index (χ0) is 16.3. The highest BCUT2D eigenvalue weighted by Gasteiger charge is 2.12. The van der Waals surface area contributed by atoms with Crippen molar-refractivity contribution in [1.29, 1.82) is 0 Å². The number of hydrogen-bond donors (Lipinski definition) is 1. The highest BCUT2D eigenvalue weighted by atomic mass is 32.2. The van der Waals surface area contributed by atoms with Crippen molar-refractivity contribution in [3.8, 4) is 0 Å². The van der Waals surface area contributed by atoms with Gasteiger partial charge in [0.05, 0.1) is 0 Å². The van der Waals surface area contributed by atoms with E-state index in [2.05, 4.69) is 30.5 Å². The standard InChI is InChI=1S/C15H25N3O2S/c1-15(2,3)11-16-13-9-7-12(8-10-13)14(19)17-21(6,20)18(4)5/h7-10,16H,11H2,1-6H3. The van der Waals surface area contributed by atoms with E-state index in [1.807, 2.05) is 12.1 Å². The van der Waals surface area contributed by atoms with Gasteiger partial charge in [0, 0.05) is 38.1 Å². The van der Waals surface area contributed by atoms with Crippen LogP contribution in [0.5, 0.6) is 0 Å². The lowest BCUT2D eigenvalue weighted by Gasteiger charge is -2.19. The summed E-state index contributed by atoms with van der Waals surface area (Å²) in [4.78, 5) is 12.0. The Labute approximate surface area is 128 Å². The van der Waals surface area contributed by atoms with E-state index in [1.54, 1.807) is 26.2 Å². The first-order valence-electron chi connectivity index (χ1n) is 6.79. The Hall–Kier alpha value is -1.40. The van der Waals surface area contributed by atoms with Gasteiger partial charge in [-0.15, -0.1) is 4.36 Å². The normalized spacial score (nSPS) is 14.6. The molecule has 0 saturated heterocycles. The molecule has 0 heterocycles. The maximum Gasteiger partial charge on any atom is 0.286 e. The molecule has 118 valence electrons. The number of carbonyl (C=O) groups is 1. The van der Waals surface area contributed by atoms with Gasteiger partial charge in [-0.3, -0.25) is 4.79 Å². The molecule has 0 fully saturated rings. The predicted octanol–water partition coefficient (Wildman–Crippen LogP) is 2.86. The van der Waals surface area contributed by atoms with Gasteiger partial charge in [0.15, 0.2) is 0 Å². The largest absolute Gasteiger partial charge is 0.385 e. The summed E-state index contributed by atoms with van der Waals surface area (Å²) >= 11 is 0. The number of amides is 1. The Morgan fingerprint density at radius 1 is 1.24 bits per heavy atom. The number of rotatable bonds is 4. The third-order valence-electron chi connectivity index (χ3n) is 2.88. The minimum absolute atomic E-state index is 0.184. The maximum atomic E-state index is 12.1. The first-order chi connectivity index (χ1) is 9.51. The molecule has 0 radical (unpaired) electrons. The number of benzene rings is 1. The molecule has 0 aliphatic heterocycles. The average Bonchev–Trinajstić information content (AvgIpc) is 2.35. The molecule has 1 N–H and O–H groups in total. The fraction of sp³-hybridized carbons (Fsp3) is 0.533. The Bertz CT molecular complexity index is 607. The summed E-state index contributed by atoms with van der Waals surface area (Å²) in [5.41, 5.74) is 1.57. The predicted molar refractivity (Wildman–Crippen MR) is 88.9 cm³/mol. The van der Waals surface area contributed by atoms with Crippen molar-refractivity contribution < 1.29 is 9.00 Å². The summed E-state index contributed by atoms with van der Waals surface area (Å²) < 4.78 is 17.3. The SMILES string of the molecule is CN(C)S(C)(=O)=NC(=O)c1ccc(NCC(C)(C)C)cc1. The molecule has 1 amide bonds. The van der Waals surface area contributed by atoms with E-state index in [-0.39, 0.29) is 5.41 Å². The topological polar surface area (TPSA) is 61.8 Å². The number of hydrogen-bond acceptors (Lipinski definition) is 3. The van der Waals surface area contributed by atoms with Crippen LogP contribution in [0.3, 0.4) is 0 Å². The van der Waals surface area contributed by atoms with Crippen LogP contribution >= 0.6 is 0 Å². The van der Waals surface area contributed by atoms with Crippen molar-refractivity contribution in [2.24, 2.45) is 9.78 Å². The second-order valence-corrected chi connectivity index (χ2v) is 8.90. The van der Waals surface area contributed by atoms with Crippen LogP contribution in [0.15, 0.2) is 28.6 Å². The van der Waals surface area contributed by atoms with Crippen LogP contribution in [-0.4, -0.2) is 41.3 Å². The van der Waals surface area contributed by atoms with Crippen LogP contribution < -0.4 is 5.32 Å². The molecule has 0 spiro atoms. The lowest BCUT2D eigenvalue weighted by Crippen LogP contribution is -2.21. The molecule has 6 heteroatoms. The Morgan fingerprint density at radius 2 is 1.76 bits per heavy atom. The van der Waals surface area contributed by atoms with Crippen molar-refractivity contribution >= 4 is 21.5 Å². The Morgan fingerprint density at radius 3 is 2.19 bits per heavy atom. The highest BCUT2D eigenvalue weighted by Crippen LogP contribution is 2.16. The van der Waals surface area contributed by atoms with Crippen LogP contribution in [0.4, 0.5) is 5.69 Å². The van der Waals surface area contributed by atoms with Gasteiger partial charge >= 0.3 is 0 Å². The second-order valence-electron chi connectivity index (χ2n) is 6.46. The van der Waals surface area contributed by atoms with Crippen molar-refractivity contribution in [3.63, 3.8) is 0 Å². The number of carbonyl (C=O) groups excluding carboxylic acids is 1. The fourth-order valence-electron chi connectivity index (χ4n) is 1.39. The van der Waals surface area contributed by atoms with Crippen molar-refractivity contribution in [1.82, 2.24) is 4.31 Å². The van der Waals surface area contributed by atoms with E-state index in [0.29, 0.717) is 5.56 Å². The van der Waals surface area contributed by atoms with E-state index >= 15 is 0 Å². The molecular formula is C15H25N3O2S. The van der Waals surface area contributed by atoms with Crippen molar-refractivity contribution in [3.05, 3.63) is 29.8 Å². The van der Waals surface area contributed by atoms with E-state index in [0.717, 1.165) is 12.2 Å². The summed E-state index contributed by atoms with van der Waals surface area (Å²) in [6.07, 6.45) is 1.45. The number of nitrogens with zero attached hydrogens (tertiary/aromatic N) is 2. The molecule has 0 saturated carbocycles. The van der Waals surface area contributed by atoms with Gasteiger partial charge in [0.2, 0.25) is 0 Å². The molecule has 1 aromatic carbocycles. The lowest BCUT2D eigenvalue weighted by molar-refractivity contribution is 0.100. The van der Waals surface area contributed by atoms with Gasteiger partial charge in [-0.1, -0.05) is 20.8 Å². The molecule has 1 aromatic rings. The molecule has 0 bridgehead atoms. The molecule has 1 rings (SSSR count). The van der Waals surface area contributed by atoms with Crippen LogP contribution in [0.2, 0.25) is 0 Å². The molecule has 1 unspecified atom stereocenters. The summed E-state index contributed by atoms with van der Waals surface area (Å²) in [7, 11) is 0.633. The first kappa shape index (κ1) is 17.7. The maximum absolute atomic E-state index is 12.1. The van der Waals surface area contributed by atoms with Crippen molar-refractivity contribution in [2.45, 2.75) is 20.8 Å². The van der Waals surface area contributed by atoms with Gasteiger partial charge < -0.3 is 5.32 Å². The monoisotopic (exact) mass is 311 g/mol. The first-order valence-corrected chi connectivity index (χ1v) is 8.67. The fourth-order valence-corrected chi connectivity index (χ4v) is 1.96. The van der Waals surface area contributed by atoms with Crippen LogP contribution in [-0.2, 0) is 9.92 Å². The Kier molecular flexibility index (Phi) is 5.53. The molecule has 1 atom stereocenters. The number of anilines is 1. The third kappa shape index (κ3) is 5.85. The van der Waals surface area contributed by atoms with Crippen LogP contribution in [0.1, 0.15) is 31.1 Å². The van der Waals surface area contributed by atoms with E-state index in [4.69, 9.17) is 0 Å². The van der Waals surface area contributed by atoms with Crippen molar-refractivity contribution in [2.75, 3.05) is 32.2 Å². The summed E-state index contributed by atoms with van der Waals surface area (Å²) in [5.74, 6) is -0.460. The molecular weight excluding hydrogens is 286 g/mol. The molecule has 5 nitrogen and oxygen atoms in total. The highest BCUT2D eigenvalue weighted by molar-refractivity contribution is 7.90. The van der Waals surface area contributed by atoms with Crippen LogP contribution in [0.25, 0.3) is 0 Å². The average molecular weight is 311 g/mol. The second kappa shape index (κ2) is 6.58. The molecule has 21 heavy (non-hydrogen) atoms. The van der Waals surface area contributed by atoms with Gasteiger partial charge in [0.1, 0.15) is 9.92 Å². The number of nitrogens with one attached hydrogen (secondary N) is 1. The minimum Gasteiger partial charge on any atom is -0.385 e. The van der Waals surface area contributed by atoms with Gasteiger partial charge in [-0.05, 0) is 29.7 Å². The quantitative estimate of drug-likeness (QED) is 0.930. The third-order valence-corrected chi connectivity index (χ3v) is 4.74. The van der Waals surface area contributed by atoms with E-state index in [1.165, 1.54) is 10.6 Å². The summed E-state index contributed by atoms with van der Waals surface area (Å²) in [5, 5.41) is 3.31. The van der Waals surface area contributed by atoms with Gasteiger partial charge in [-0.25, -0.2) is 8.51 Å². The Balaban J connectivity index is 2.84. The zero-order valence-electron chi connectivity index (χ0n) is 13.6. The molecule has 0 aliphatic carbocycles. The van der Waals surface area contributed by atoms with Gasteiger partial charge in [-0.2, -0.15) is 0 Å². The lowest BCUT2D eigenvalue weighted by atomic mass is 9.97. The summed E-state index contributed by atoms with van der Waals surface area (Å²) in [6, 6.07) is 7.06. The van der Waals surface area contributed by atoms with E-state index < -0.39 is 15.8 Å². The smallest absolute Gasteiger partial charge is 0.286 e.